The fourth-order valence-corrected chi connectivity index (χ4v) is 2.18. The lowest BCUT2D eigenvalue weighted by molar-refractivity contribution is -0.141. The standard InChI is InChI=1S/C15H13ClF3NO/c1-2-9-3-5-10(6-4-9)13(21)11-7-8-12(15(17,18)19)20-14(11)16/h3-8,13,21H,2H2,1H3. The summed E-state index contributed by atoms with van der Waals surface area (Å²) >= 11 is 5.77. The normalized spacial score (nSPS) is 13.2. The molecule has 2 aromatic rings. The van der Waals surface area contributed by atoms with Gasteiger partial charge in [-0.1, -0.05) is 48.9 Å². The third-order valence-corrected chi connectivity index (χ3v) is 3.47. The van der Waals surface area contributed by atoms with E-state index in [-0.39, 0.29) is 10.7 Å². The highest BCUT2D eigenvalue weighted by Crippen LogP contribution is 2.32. The van der Waals surface area contributed by atoms with Crippen LogP contribution in [0.1, 0.15) is 35.4 Å². The number of halogens is 4. The minimum Gasteiger partial charge on any atom is -0.384 e. The van der Waals surface area contributed by atoms with Crippen molar-refractivity contribution in [3.63, 3.8) is 0 Å². The SMILES string of the molecule is CCc1ccc(C(O)c2ccc(C(F)(F)F)nc2Cl)cc1. The zero-order chi connectivity index (χ0) is 15.6. The van der Waals surface area contributed by atoms with Gasteiger partial charge in [-0.15, -0.1) is 0 Å². The molecule has 0 aliphatic carbocycles. The molecule has 1 heterocycles. The average molecular weight is 316 g/mol. The quantitative estimate of drug-likeness (QED) is 0.852. The third kappa shape index (κ3) is 3.54. The van der Waals surface area contributed by atoms with Crippen LogP contribution in [0.5, 0.6) is 0 Å². The molecular weight excluding hydrogens is 303 g/mol. The number of aliphatic hydroxyl groups excluding tert-OH is 1. The number of rotatable bonds is 3. The van der Waals surface area contributed by atoms with Crippen molar-refractivity contribution in [3.8, 4) is 0 Å². The van der Waals surface area contributed by atoms with Crippen molar-refractivity contribution in [1.29, 1.82) is 0 Å². The Labute approximate surface area is 125 Å². The number of hydrogen-bond acceptors (Lipinski definition) is 2. The van der Waals surface area contributed by atoms with Crippen molar-refractivity contribution in [1.82, 2.24) is 4.98 Å². The number of aliphatic hydroxyl groups is 1. The Morgan fingerprint density at radius 3 is 2.24 bits per heavy atom. The highest BCUT2D eigenvalue weighted by molar-refractivity contribution is 6.30. The minimum absolute atomic E-state index is 0.147. The highest BCUT2D eigenvalue weighted by Gasteiger charge is 2.33. The molecule has 6 heteroatoms. The van der Waals surface area contributed by atoms with E-state index in [1.54, 1.807) is 12.1 Å². The van der Waals surface area contributed by atoms with Crippen LogP contribution in [-0.2, 0) is 12.6 Å². The number of hydrogen-bond donors (Lipinski definition) is 1. The van der Waals surface area contributed by atoms with E-state index < -0.39 is 18.0 Å². The van der Waals surface area contributed by atoms with E-state index in [0.29, 0.717) is 5.56 Å². The molecule has 0 bridgehead atoms. The molecule has 112 valence electrons. The van der Waals surface area contributed by atoms with E-state index in [9.17, 15) is 18.3 Å². The second-order valence-electron chi connectivity index (χ2n) is 4.57. The molecule has 0 aliphatic rings. The minimum atomic E-state index is -4.56. The van der Waals surface area contributed by atoms with Crippen LogP contribution in [0.3, 0.4) is 0 Å². The lowest BCUT2D eigenvalue weighted by Gasteiger charge is -2.14. The average Bonchev–Trinajstić information content (AvgIpc) is 2.45. The summed E-state index contributed by atoms with van der Waals surface area (Å²) in [4.78, 5) is 3.31. The molecule has 21 heavy (non-hydrogen) atoms. The largest absolute Gasteiger partial charge is 0.433 e. The fourth-order valence-electron chi connectivity index (χ4n) is 1.92. The lowest BCUT2D eigenvalue weighted by atomic mass is 10.0. The summed E-state index contributed by atoms with van der Waals surface area (Å²) in [5.41, 5.74) is 0.719. The summed E-state index contributed by atoms with van der Waals surface area (Å²) in [7, 11) is 0. The lowest BCUT2D eigenvalue weighted by Crippen LogP contribution is -2.10. The van der Waals surface area contributed by atoms with Gasteiger partial charge in [0.25, 0.3) is 0 Å². The van der Waals surface area contributed by atoms with Crippen LogP contribution in [0.2, 0.25) is 5.15 Å². The molecule has 0 aliphatic heterocycles. The summed E-state index contributed by atoms with van der Waals surface area (Å²) in [6.07, 6.45) is -4.81. The van der Waals surface area contributed by atoms with Crippen molar-refractivity contribution >= 4 is 11.6 Å². The Morgan fingerprint density at radius 1 is 1.14 bits per heavy atom. The van der Waals surface area contributed by atoms with Gasteiger partial charge in [0.15, 0.2) is 0 Å². The van der Waals surface area contributed by atoms with Crippen LogP contribution in [0.4, 0.5) is 13.2 Å². The van der Waals surface area contributed by atoms with Crippen molar-refractivity contribution in [2.45, 2.75) is 25.6 Å². The van der Waals surface area contributed by atoms with Crippen molar-refractivity contribution in [2.24, 2.45) is 0 Å². The highest BCUT2D eigenvalue weighted by atomic mass is 35.5. The Hall–Kier alpha value is -1.59. The van der Waals surface area contributed by atoms with Crippen LogP contribution >= 0.6 is 11.6 Å². The maximum absolute atomic E-state index is 12.5. The second-order valence-corrected chi connectivity index (χ2v) is 4.93. The first-order chi connectivity index (χ1) is 9.82. The molecule has 2 nitrogen and oxygen atoms in total. The van der Waals surface area contributed by atoms with Crippen molar-refractivity contribution < 1.29 is 18.3 Å². The zero-order valence-electron chi connectivity index (χ0n) is 11.2. The molecule has 1 atom stereocenters. The topological polar surface area (TPSA) is 33.1 Å². The predicted octanol–water partition coefficient (Wildman–Crippen LogP) is 4.40. The number of pyridine rings is 1. The molecule has 0 saturated heterocycles. The van der Waals surface area contributed by atoms with Crippen LogP contribution in [0.25, 0.3) is 0 Å². The summed E-state index contributed by atoms with van der Waals surface area (Å²) in [6, 6.07) is 9.10. The molecule has 0 saturated carbocycles. The molecule has 0 radical (unpaired) electrons. The first kappa shape index (κ1) is 15.8. The Kier molecular flexibility index (Phi) is 4.54. The van der Waals surface area contributed by atoms with Gasteiger partial charge >= 0.3 is 6.18 Å². The molecule has 0 fully saturated rings. The Balaban J connectivity index is 2.32. The van der Waals surface area contributed by atoms with Gasteiger partial charge in [-0.2, -0.15) is 13.2 Å². The van der Waals surface area contributed by atoms with E-state index in [1.807, 2.05) is 19.1 Å². The number of alkyl halides is 3. The Morgan fingerprint density at radius 2 is 1.76 bits per heavy atom. The molecule has 2 rings (SSSR count). The number of aryl methyl sites for hydroxylation is 1. The van der Waals surface area contributed by atoms with Crippen molar-refractivity contribution in [3.05, 3.63) is 63.9 Å². The molecule has 1 unspecified atom stereocenters. The smallest absolute Gasteiger partial charge is 0.384 e. The number of nitrogens with zero attached hydrogens (tertiary/aromatic N) is 1. The number of aromatic nitrogens is 1. The maximum atomic E-state index is 12.5. The van der Waals surface area contributed by atoms with Crippen LogP contribution in [0.15, 0.2) is 36.4 Å². The predicted molar refractivity (Wildman–Crippen MR) is 74.1 cm³/mol. The van der Waals surface area contributed by atoms with Gasteiger partial charge in [-0.05, 0) is 23.6 Å². The van der Waals surface area contributed by atoms with Gasteiger partial charge in [0, 0.05) is 5.56 Å². The molecule has 1 aromatic carbocycles. The van der Waals surface area contributed by atoms with Crippen LogP contribution in [-0.4, -0.2) is 10.1 Å². The zero-order valence-corrected chi connectivity index (χ0v) is 11.9. The van der Waals surface area contributed by atoms with E-state index in [0.717, 1.165) is 24.1 Å². The summed E-state index contributed by atoms with van der Waals surface area (Å²) in [5.74, 6) is 0. The van der Waals surface area contributed by atoms with E-state index in [2.05, 4.69) is 4.98 Å². The molecule has 0 spiro atoms. The number of benzene rings is 1. The van der Waals surface area contributed by atoms with E-state index >= 15 is 0 Å². The fraction of sp³-hybridized carbons (Fsp3) is 0.267. The molecule has 1 N–H and O–H groups in total. The van der Waals surface area contributed by atoms with Crippen LogP contribution < -0.4 is 0 Å². The summed E-state index contributed by atoms with van der Waals surface area (Å²) in [6.45, 7) is 2.00. The third-order valence-electron chi connectivity index (χ3n) is 3.17. The maximum Gasteiger partial charge on any atom is 0.433 e. The van der Waals surface area contributed by atoms with Gasteiger partial charge in [-0.25, -0.2) is 4.98 Å². The van der Waals surface area contributed by atoms with Gasteiger partial charge in [0.05, 0.1) is 0 Å². The van der Waals surface area contributed by atoms with Gasteiger partial charge in [-0.3, -0.25) is 0 Å². The first-order valence-corrected chi connectivity index (χ1v) is 6.71. The van der Waals surface area contributed by atoms with Gasteiger partial charge in [0.2, 0.25) is 0 Å². The molecule has 1 aromatic heterocycles. The Bertz CT molecular complexity index is 626. The second kappa shape index (κ2) is 6.03. The van der Waals surface area contributed by atoms with Crippen molar-refractivity contribution in [2.75, 3.05) is 0 Å². The van der Waals surface area contributed by atoms with Gasteiger partial charge in [0.1, 0.15) is 17.0 Å². The molecule has 0 amide bonds. The first-order valence-electron chi connectivity index (χ1n) is 6.33. The summed E-state index contributed by atoms with van der Waals surface area (Å²) < 4.78 is 37.6. The van der Waals surface area contributed by atoms with Gasteiger partial charge < -0.3 is 5.11 Å². The van der Waals surface area contributed by atoms with Crippen LogP contribution in [0, 0.1) is 0 Å². The van der Waals surface area contributed by atoms with E-state index in [4.69, 9.17) is 11.6 Å². The summed E-state index contributed by atoms with van der Waals surface area (Å²) in [5, 5.41) is 9.87. The monoisotopic (exact) mass is 315 g/mol. The molecular formula is C15H13ClF3NO. The van der Waals surface area contributed by atoms with E-state index in [1.165, 1.54) is 0 Å².